The highest BCUT2D eigenvalue weighted by Gasteiger charge is 2.17. The molecular formula is C19H25N3O4S. The number of carbonyl (C=O) groups excluding carboxylic acids is 1. The first-order valence-electron chi connectivity index (χ1n) is 8.62. The van der Waals surface area contributed by atoms with Crippen LogP contribution in [0.2, 0.25) is 0 Å². The molecular weight excluding hydrogens is 366 g/mol. The molecule has 0 heterocycles. The number of nitrogens with zero attached hydrogens (tertiary/aromatic N) is 1. The Morgan fingerprint density at radius 3 is 2.44 bits per heavy atom. The topological polar surface area (TPSA) is 102 Å². The molecule has 0 saturated heterocycles. The van der Waals surface area contributed by atoms with Crippen molar-refractivity contribution in [3.63, 3.8) is 0 Å². The van der Waals surface area contributed by atoms with Crippen molar-refractivity contribution in [3.05, 3.63) is 53.6 Å². The third-order valence-electron chi connectivity index (χ3n) is 4.23. The normalized spacial score (nSPS) is 11.4. The van der Waals surface area contributed by atoms with E-state index in [0.29, 0.717) is 5.69 Å². The molecule has 0 radical (unpaired) electrons. The van der Waals surface area contributed by atoms with Crippen molar-refractivity contribution < 1.29 is 17.9 Å². The first-order chi connectivity index (χ1) is 12.8. The largest absolute Gasteiger partial charge is 0.496 e. The van der Waals surface area contributed by atoms with Crippen LogP contribution in [0.1, 0.15) is 29.8 Å². The van der Waals surface area contributed by atoms with Gasteiger partial charge in [-0.3, -0.25) is 9.69 Å². The molecule has 0 atom stereocenters. The summed E-state index contributed by atoms with van der Waals surface area (Å²) >= 11 is 0. The number of benzene rings is 2. The van der Waals surface area contributed by atoms with Gasteiger partial charge in [-0.1, -0.05) is 26.0 Å². The molecule has 0 aliphatic carbocycles. The zero-order chi connectivity index (χ0) is 20.0. The van der Waals surface area contributed by atoms with Crippen LogP contribution in [0, 0.1) is 0 Å². The number of amides is 1. The fourth-order valence-electron chi connectivity index (χ4n) is 2.69. The summed E-state index contributed by atoms with van der Waals surface area (Å²) in [6, 6.07) is 11.5. The maximum atomic E-state index is 12.7. The lowest BCUT2D eigenvalue weighted by molar-refractivity contribution is 0.102. The Hall–Kier alpha value is -2.42. The van der Waals surface area contributed by atoms with Gasteiger partial charge in [0.05, 0.1) is 17.6 Å². The minimum absolute atomic E-state index is 0.0955. The number of anilines is 1. The molecule has 3 N–H and O–H groups in total. The molecule has 7 nitrogen and oxygen atoms in total. The summed E-state index contributed by atoms with van der Waals surface area (Å²) in [5, 5.41) is 7.95. The smallest absolute Gasteiger partial charge is 0.259 e. The first-order valence-corrected chi connectivity index (χ1v) is 10.2. The molecule has 0 fully saturated rings. The van der Waals surface area contributed by atoms with E-state index >= 15 is 0 Å². The number of hydrogen-bond donors (Lipinski definition) is 2. The Kier molecular flexibility index (Phi) is 6.95. The van der Waals surface area contributed by atoms with Gasteiger partial charge in [-0.15, -0.1) is 0 Å². The van der Waals surface area contributed by atoms with Gasteiger partial charge in [0.1, 0.15) is 5.75 Å². The summed E-state index contributed by atoms with van der Waals surface area (Å²) in [7, 11) is -2.51. The SMILES string of the molecule is CCN(CC)Cc1cccc(NC(=O)c2cc(S(N)(=O)=O)ccc2OC)c1. The summed E-state index contributed by atoms with van der Waals surface area (Å²) in [4.78, 5) is 14.8. The second-order valence-corrected chi connectivity index (χ2v) is 7.58. The molecule has 0 aromatic heterocycles. The van der Waals surface area contributed by atoms with Crippen molar-refractivity contribution in [2.75, 3.05) is 25.5 Å². The van der Waals surface area contributed by atoms with Crippen LogP contribution >= 0.6 is 0 Å². The average molecular weight is 391 g/mol. The van der Waals surface area contributed by atoms with Gasteiger partial charge < -0.3 is 10.1 Å². The number of carbonyl (C=O) groups is 1. The number of nitrogens with one attached hydrogen (secondary N) is 1. The molecule has 8 heteroatoms. The van der Waals surface area contributed by atoms with Crippen LogP contribution in [0.4, 0.5) is 5.69 Å². The predicted octanol–water partition coefficient (Wildman–Crippen LogP) is 2.44. The molecule has 0 aliphatic rings. The molecule has 0 bridgehead atoms. The first kappa shape index (κ1) is 20.9. The van der Waals surface area contributed by atoms with E-state index in [9.17, 15) is 13.2 Å². The van der Waals surface area contributed by atoms with Crippen LogP contribution in [0.5, 0.6) is 5.75 Å². The van der Waals surface area contributed by atoms with Crippen molar-refractivity contribution >= 4 is 21.6 Å². The van der Waals surface area contributed by atoms with Crippen LogP contribution in [-0.2, 0) is 16.6 Å². The van der Waals surface area contributed by atoms with Gasteiger partial charge in [-0.25, -0.2) is 13.6 Å². The Morgan fingerprint density at radius 2 is 1.85 bits per heavy atom. The highest BCUT2D eigenvalue weighted by molar-refractivity contribution is 7.89. The van der Waals surface area contributed by atoms with Gasteiger partial charge in [0.2, 0.25) is 10.0 Å². The van der Waals surface area contributed by atoms with E-state index in [4.69, 9.17) is 9.88 Å². The van der Waals surface area contributed by atoms with E-state index in [1.165, 1.54) is 25.3 Å². The zero-order valence-corrected chi connectivity index (χ0v) is 16.5. The standard InChI is InChI=1S/C19H25N3O4S/c1-4-22(5-2)13-14-7-6-8-15(11-14)21-19(23)17-12-16(27(20,24)25)9-10-18(17)26-3/h6-12H,4-5,13H2,1-3H3,(H,21,23)(H2,20,24,25). The van der Waals surface area contributed by atoms with Crippen molar-refractivity contribution in [1.82, 2.24) is 4.90 Å². The number of sulfonamides is 1. The molecule has 27 heavy (non-hydrogen) atoms. The zero-order valence-electron chi connectivity index (χ0n) is 15.7. The van der Waals surface area contributed by atoms with Gasteiger partial charge in [-0.05, 0) is 49.0 Å². The van der Waals surface area contributed by atoms with Crippen LogP contribution in [0.25, 0.3) is 0 Å². The van der Waals surface area contributed by atoms with E-state index in [-0.39, 0.29) is 16.2 Å². The number of methoxy groups -OCH3 is 1. The van der Waals surface area contributed by atoms with Crippen molar-refractivity contribution in [2.45, 2.75) is 25.3 Å². The highest BCUT2D eigenvalue weighted by Crippen LogP contribution is 2.23. The second kappa shape index (κ2) is 8.98. The lowest BCUT2D eigenvalue weighted by Gasteiger charge is -2.18. The molecule has 146 valence electrons. The molecule has 0 saturated carbocycles. The Bertz CT molecular complexity index is 909. The van der Waals surface area contributed by atoms with E-state index in [0.717, 1.165) is 25.2 Å². The van der Waals surface area contributed by atoms with Crippen molar-refractivity contribution in [2.24, 2.45) is 5.14 Å². The molecule has 0 aliphatic heterocycles. The van der Waals surface area contributed by atoms with E-state index in [2.05, 4.69) is 24.1 Å². The second-order valence-electron chi connectivity index (χ2n) is 6.02. The molecule has 2 rings (SSSR count). The Balaban J connectivity index is 2.27. The number of rotatable bonds is 8. The van der Waals surface area contributed by atoms with Gasteiger partial charge in [0.15, 0.2) is 0 Å². The van der Waals surface area contributed by atoms with Crippen molar-refractivity contribution in [3.8, 4) is 5.75 Å². The van der Waals surface area contributed by atoms with Crippen LogP contribution in [0.3, 0.4) is 0 Å². The fourth-order valence-corrected chi connectivity index (χ4v) is 3.23. The van der Waals surface area contributed by atoms with E-state index < -0.39 is 15.9 Å². The minimum atomic E-state index is -3.92. The fraction of sp³-hybridized carbons (Fsp3) is 0.316. The molecule has 2 aromatic rings. The lowest BCUT2D eigenvalue weighted by atomic mass is 10.1. The molecule has 0 unspecified atom stereocenters. The van der Waals surface area contributed by atoms with Crippen LogP contribution < -0.4 is 15.2 Å². The Morgan fingerprint density at radius 1 is 1.15 bits per heavy atom. The highest BCUT2D eigenvalue weighted by atomic mass is 32.2. The maximum Gasteiger partial charge on any atom is 0.259 e. The number of ether oxygens (including phenoxy) is 1. The van der Waals surface area contributed by atoms with E-state index in [1.54, 1.807) is 6.07 Å². The van der Waals surface area contributed by atoms with Gasteiger partial charge in [0.25, 0.3) is 5.91 Å². The van der Waals surface area contributed by atoms with Crippen LogP contribution in [-0.4, -0.2) is 39.4 Å². The third kappa shape index (κ3) is 5.53. The van der Waals surface area contributed by atoms with Gasteiger partial charge in [0, 0.05) is 12.2 Å². The van der Waals surface area contributed by atoms with E-state index in [1.807, 2.05) is 18.2 Å². The summed E-state index contributed by atoms with van der Waals surface area (Å²) in [5.41, 5.74) is 1.78. The average Bonchev–Trinajstić information content (AvgIpc) is 2.65. The number of primary sulfonamides is 1. The predicted molar refractivity (Wildman–Crippen MR) is 105 cm³/mol. The third-order valence-corrected chi connectivity index (χ3v) is 5.14. The summed E-state index contributed by atoms with van der Waals surface area (Å²) in [6.07, 6.45) is 0. The summed E-state index contributed by atoms with van der Waals surface area (Å²) < 4.78 is 28.3. The summed E-state index contributed by atoms with van der Waals surface area (Å²) in [6.45, 7) is 6.84. The number of nitrogens with two attached hydrogens (primary N) is 1. The maximum absolute atomic E-state index is 12.7. The quantitative estimate of drug-likeness (QED) is 0.720. The molecule has 0 spiro atoms. The van der Waals surface area contributed by atoms with Gasteiger partial charge >= 0.3 is 0 Å². The Labute approximate surface area is 160 Å². The summed E-state index contributed by atoms with van der Waals surface area (Å²) in [5.74, 6) is -0.212. The van der Waals surface area contributed by atoms with Gasteiger partial charge in [-0.2, -0.15) is 0 Å². The van der Waals surface area contributed by atoms with Crippen molar-refractivity contribution in [1.29, 1.82) is 0 Å². The van der Waals surface area contributed by atoms with Crippen LogP contribution in [0.15, 0.2) is 47.4 Å². The number of hydrogen-bond acceptors (Lipinski definition) is 5. The monoisotopic (exact) mass is 391 g/mol. The molecule has 1 amide bonds. The molecule has 2 aromatic carbocycles. The lowest BCUT2D eigenvalue weighted by Crippen LogP contribution is -2.22. The minimum Gasteiger partial charge on any atom is -0.496 e.